The summed E-state index contributed by atoms with van der Waals surface area (Å²) in [6.45, 7) is 1.99. The first-order valence-corrected chi connectivity index (χ1v) is 5.77. The third kappa shape index (κ3) is 1.92. The van der Waals surface area contributed by atoms with Crippen molar-refractivity contribution >= 4 is 5.91 Å². The lowest BCUT2D eigenvalue weighted by molar-refractivity contribution is -0.136. The van der Waals surface area contributed by atoms with E-state index in [1.165, 1.54) is 19.3 Å². The highest BCUT2D eigenvalue weighted by molar-refractivity contribution is 5.82. The molecule has 0 aromatic rings. The Morgan fingerprint density at radius 1 is 1.36 bits per heavy atom. The number of nitrogens with one attached hydrogen (secondary N) is 1. The first kappa shape index (κ1) is 9.97. The van der Waals surface area contributed by atoms with Crippen LogP contribution in [-0.4, -0.2) is 37.0 Å². The molecular formula is C11H20N2O. The molecule has 2 aliphatic rings. The predicted molar refractivity (Wildman–Crippen MR) is 56.0 cm³/mol. The van der Waals surface area contributed by atoms with Gasteiger partial charge in [0, 0.05) is 13.1 Å². The van der Waals surface area contributed by atoms with Crippen molar-refractivity contribution in [1.82, 2.24) is 10.2 Å². The van der Waals surface area contributed by atoms with E-state index in [2.05, 4.69) is 10.2 Å². The summed E-state index contributed by atoms with van der Waals surface area (Å²) in [7, 11) is 1.88. The van der Waals surface area contributed by atoms with E-state index in [1.807, 2.05) is 7.05 Å². The summed E-state index contributed by atoms with van der Waals surface area (Å²) in [6.07, 6.45) is 6.19. The topological polar surface area (TPSA) is 32.3 Å². The molecule has 1 aliphatic carbocycles. The molecule has 0 radical (unpaired) electrons. The number of hydrogen-bond acceptors (Lipinski definition) is 2. The molecule has 0 aromatic carbocycles. The minimum Gasteiger partial charge on any atom is -0.341 e. The van der Waals surface area contributed by atoms with Crippen molar-refractivity contribution in [3.8, 4) is 0 Å². The molecule has 1 heterocycles. The Kier molecular flexibility index (Phi) is 3.06. The van der Waals surface area contributed by atoms with Crippen LogP contribution in [0.25, 0.3) is 0 Å². The lowest BCUT2D eigenvalue weighted by Crippen LogP contribution is -2.51. The highest BCUT2D eigenvalue weighted by Gasteiger charge is 2.30. The maximum atomic E-state index is 11.9. The van der Waals surface area contributed by atoms with Crippen molar-refractivity contribution in [2.24, 2.45) is 5.92 Å². The van der Waals surface area contributed by atoms with E-state index >= 15 is 0 Å². The molecule has 3 heteroatoms. The number of hydrogen-bond donors (Lipinski definition) is 1. The zero-order valence-electron chi connectivity index (χ0n) is 8.96. The fourth-order valence-corrected chi connectivity index (χ4v) is 2.38. The van der Waals surface area contributed by atoms with Crippen LogP contribution in [0.1, 0.15) is 32.1 Å². The van der Waals surface area contributed by atoms with Gasteiger partial charge >= 0.3 is 0 Å². The van der Waals surface area contributed by atoms with Crippen LogP contribution in [0, 0.1) is 5.92 Å². The summed E-state index contributed by atoms with van der Waals surface area (Å²) >= 11 is 0. The Morgan fingerprint density at radius 3 is 2.71 bits per heavy atom. The maximum absolute atomic E-state index is 11.9. The van der Waals surface area contributed by atoms with Crippen LogP contribution in [0.5, 0.6) is 0 Å². The van der Waals surface area contributed by atoms with Crippen molar-refractivity contribution in [2.45, 2.75) is 38.1 Å². The first-order valence-electron chi connectivity index (χ1n) is 5.77. The Hall–Kier alpha value is -0.570. The van der Waals surface area contributed by atoms with Crippen LogP contribution < -0.4 is 5.32 Å². The van der Waals surface area contributed by atoms with Gasteiger partial charge in [-0.2, -0.15) is 0 Å². The zero-order chi connectivity index (χ0) is 9.97. The molecule has 1 amide bonds. The predicted octanol–water partition coefficient (Wildman–Crippen LogP) is 0.997. The second-order valence-corrected chi connectivity index (χ2v) is 4.56. The van der Waals surface area contributed by atoms with Crippen molar-refractivity contribution in [3.05, 3.63) is 0 Å². The molecule has 2 fully saturated rings. The van der Waals surface area contributed by atoms with Gasteiger partial charge in [-0.05, 0) is 38.6 Å². The number of rotatable bonds is 3. The summed E-state index contributed by atoms with van der Waals surface area (Å²) in [5.41, 5.74) is 0. The lowest BCUT2D eigenvalue weighted by atomic mass is 9.84. The second-order valence-electron chi connectivity index (χ2n) is 4.56. The van der Waals surface area contributed by atoms with Crippen molar-refractivity contribution < 1.29 is 4.79 Å². The fraction of sp³-hybridized carbons (Fsp3) is 0.909. The highest BCUT2D eigenvalue weighted by Crippen LogP contribution is 2.28. The molecule has 14 heavy (non-hydrogen) atoms. The number of nitrogens with zero attached hydrogens (tertiary/aromatic N) is 1. The van der Waals surface area contributed by atoms with E-state index < -0.39 is 0 Å². The number of amides is 1. The monoisotopic (exact) mass is 196 g/mol. The smallest absolute Gasteiger partial charge is 0.239 e. The summed E-state index contributed by atoms with van der Waals surface area (Å²) in [5, 5.41) is 3.10. The lowest BCUT2D eigenvalue weighted by Gasteiger charge is -2.37. The van der Waals surface area contributed by atoms with E-state index in [-0.39, 0.29) is 6.04 Å². The number of likely N-dealkylation sites (tertiary alicyclic amines) is 1. The summed E-state index contributed by atoms with van der Waals surface area (Å²) in [6, 6.07) is 0.0869. The molecule has 80 valence electrons. The molecule has 1 saturated carbocycles. The Labute approximate surface area is 85.8 Å². The Balaban J connectivity index is 1.86. The van der Waals surface area contributed by atoms with Crippen LogP contribution >= 0.6 is 0 Å². The quantitative estimate of drug-likeness (QED) is 0.730. The fourth-order valence-electron chi connectivity index (χ4n) is 2.38. The molecule has 3 nitrogen and oxygen atoms in total. The Bertz CT molecular complexity index is 213. The maximum Gasteiger partial charge on any atom is 0.239 e. The SMILES string of the molecule is CNC1CCCN(CC2CCC2)C1=O. The third-order valence-electron chi connectivity index (χ3n) is 3.58. The number of carbonyl (C=O) groups excluding carboxylic acids is 1. The molecule has 1 atom stereocenters. The van der Waals surface area contributed by atoms with Gasteiger partial charge in [-0.3, -0.25) is 4.79 Å². The van der Waals surface area contributed by atoms with Gasteiger partial charge in [-0.15, -0.1) is 0 Å². The standard InChI is InChI=1S/C11H20N2O/c1-12-10-6-3-7-13(11(10)14)8-9-4-2-5-9/h9-10,12H,2-8H2,1H3. The van der Waals surface area contributed by atoms with Crippen LogP contribution in [-0.2, 0) is 4.79 Å². The van der Waals surface area contributed by atoms with Crippen molar-refractivity contribution in [1.29, 1.82) is 0 Å². The number of carbonyl (C=O) groups is 1. The van der Waals surface area contributed by atoms with Gasteiger partial charge in [0.2, 0.25) is 5.91 Å². The van der Waals surface area contributed by atoms with Gasteiger partial charge < -0.3 is 10.2 Å². The number of likely N-dealkylation sites (N-methyl/N-ethyl adjacent to an activating group) is 1. The molecule has 0 aromatic heterocycles. The van der Waals surface area contributed by atoms with Crippen LogP contribution in [0.15, 0.2) is 0 Å². The molecule has 1 N–H and O–H groups in total. The van der Waals surface area contributed by atoms with Crippen LogP contribution in [0.3, 0.4) is 0 Å². The Morgan fingerprint density at radius 2 is 2.14 bits per heavy atom. The minimum atomic E-state index is 0.0869. The van der Waals surface area contributed by atoms with Gasteiger partial charge in [0.05, 0.1) is 6.04 Å². The van der Waals surface area contributed by atoms with Gasteiger partial charge in [-0.25, -0.2) is 0 Å². The molecule has 0 spiro atoms. The average molecular weight is 196 g/mol. The van der Waals surface area contributed by atoms with Crippen LogP contribution in [0.2, 0.25) is 0 Å². The summed E-state index contributed by atoms with van der Waals surface area (Å²) < 4.78 is 0. The molecule has 1 saturated heterocycles. The molecular weight excluding hydrogens is 176 g/mol. The second kappa shape index (κ2) is 4.30. The van der Waals surface area contributed by atoms with E-state index in [9.17, 15) is 4.79 Å². The van der Waals surface area contributed by atoms with Crippen molar-refractivity contribution in [3.63, 3.8) is 0 Å². The molecule has 2 rings (SSSR count). The zero-order valence-corrected chi connectivity index (χ0v) is 8.96. The summed E-state index contributed by atoms with van der Waals surface area (Å²) in [4.78, 5) is 14.0. The largest absolute Gasteiger partial charge is 0.341 e. The highest BCUT2D eigenvalue weighted by atomic mass is 16.2. The van der Waals surface area contributed by atoms with E-state index in [0.29, 0.717) is 5.91 Å². The first-order chi connectivity index (χ1) is 6.81. The third-order valence-corrected chi connectivity index (χ3v) is 3.58. The van der Waals surface area contributed by atoms with Crippen LogP contribution in [0.4, 0.5) is 0 Å². The van der Waals surface area contributed by atoms with Gasteiger partial charge in [-0.1, -0.05) is 6.42 Å². The average Bonchev–Trinajstić information content (AvgIpc) is 2.13. The summed E-state index contributed by atoms with van der Waals surface area (Å²) in [5.74, 6) is 1.13. The number of piperidine rings is 1. The van der Waals surface area contributed by atoms with Crippen molar-refractivity contribution in [2.75, 3.05) is 20.1 Å². The van der Waals surface area contributed by atoms with E-state index in [0.717, 1.165) is 31.8 Å². The molecule has 1 unspecified atom stereocenters. The van der Waals surface area contributed by atoms with Gasteiger partial charge in [0.15, 0.2) is 0 Å². The minimum absolute atomic E-state index is 0.0869. The van der Waals surface area contributed by atoms with E-state index in [4.69, 9.17) is 0 Å². The molecule has 1 aliphatic heterocycles. The van der Waals surface area contributed by atoms with Gasteiger partial charge in [0.25, 0.3) is 0 Å². The van der Waals surface area contributed by atoms with Gasteiger partial charge in [0.1, 0.15) is 0 Å². The molecule has 0 bridgehead atoms. The van der Waals surface area contributed by atoms with E-state index in [1.54, 1.807) is 0 Å². The normalized spacial score (nSPS) is 29.1.